The number of aromatic nitrogens is 1. The van der Waals surface area contributed by atoms with Crippen molar-refractivity contribution in [3.05, 3.63) is 38.6 Å². The van der Waals surface area contributed by atoms with E-state index in [0.717, 1.165) is 9.35 Å². The van der Waals surface area contributed by atoms with Gasteiger partial charge in [0.1, 0.15) is 5.82 Å². The van der Waals surface area contributed by atoms with Gasteiger partial charge in [-0.05, 0) is 33.4 Å². The van der Waals surface area contributed by atoms with Crippen LogP contribution in [0.15, 0.2) is 28.2 Å². The van der Waals surface area contributed by atoms with Gasteiger partial charge in [-0.1, -0.05) is 0 Å². The van der Waals surface area contributed by atoms with Gasteiger partial charge in [0.05, 0.1) is 24.0 Å². The molecule has 0 saturated carbocycles. The molecule has 4 N–H and O–H groups in total. The van der Waals surface area contributed by atoms with Gasteiger partial charge in [-0.25, -0.2) is 9.78 Å². The Morgan fingerprint density at radius 1 is 1.61 bits per heavy atom. The van der Waals surface area contributed by atoms with Crippen LogP contribution < -0.4 is 11.1 Å². The fourth-order valence-corrected chi connectivity index (χ4v) is 2.80. The summed E-state index contributed by atoms with van der Waals surface area (Å²) in [7, 11) is 0. The Morgan fingerprint density at radius 2 is 2.39 bits per heavy atom. The highest BCUT2D eigenvalue weighted by Crippen LogP contribution is 2.23. The summed E-state index contributed by atoms with van der Waals surface area (Å²) >= 11 is 5.03. The molecule has 0 saturated heterocycles. The summed E-state index contributed by atoms with van der Waals surface area (Å²) < 4.78 is 1.02. The lowest BCUT2D eigenvalue weighted by atomic mass is 10.2. The van der Waals surface area contributed by atoms with Gasteiger partial charge in [-0.3, -0.25) is 0 Å². The van der Waals surface area contributed by atoms with E-state index >= 15 is 0 Å². The van der Waals surface area contributed by atoms with Crippen LogP contribution in [-0.2, 0) is 6.54 Å². The van der Waals surface area contributed by atoms with Crippen LogP contribution in [0, 0.1) is 0 Å². The number of anilines is 2. The van der Waals surface area contributed by atoms with Crippen molar-refractivity contribution >= 4 is 44.7 Å². The number of hydrogen-bond acceptors (Lipinski definition) is 5. The van der Waals surface area contributed by atoms with Crippen LogP contribution in [0.1, 0.15) is 15.2 Å². The largest absolute Gasteiger partial charge is 0.478 e. The molecule has 0 aliphatic carbocycles. The zero-order valence-corrected chi connectivity index (χ0v) is 11.6. The summed E-state index contributed by atoms with van der Waals surface area (Å²) in [6.07, 6.45) is 1.34. The molecule has 2 rings (SSSR count). The number of hydrogen-bond donors (Lipinski definition) is 3. The number of aromatic carboxylic acids is 1. The topological polar surface area (TPSA) is 88.2 Å². The number of thiophene rings is 1. The summed E-state index contributed by atoms with van der Waals surface area (Å²) in [5.74, 6) is -0.572. The Bertz CT molecular complexity index is 585. The molecule has 0 atom stereocenters. The number of carboxylic acid groups (broad SMARTS) is 1. The Hall–Kier alpha value is -1.60. The predicted octanol–water partition coefficient (Wildman–Crippen LogP) is 2.80. The van der Waals surface area contributed by atoms with Crippen molar-refractivity contribution in [2.75, 3.05) is 11.1 Å². The third kappa shape index (κ3) is 2.80. The van der Waals surface area contributed by atoms with E-state index in [9.17, 15) is 4.79 Å². The molecule has 2 aromatic heterocycles. The molecule has 2 heterocycles. The molecule has 0 fully saturated rings. The van der Waals surface area contributed by atoms with Gasteiger partial charge in [-0.15, -0.1) is 11.3 Å². The van der Waals surface area contributed by atoms with Gasteiger partial charge in [0.25, 0.3) is 0 Å². The maximum absolute atomic E-state index is 10.9. The van der Waals surface area contributed by atoms with Crippen molar-refractivity contribution in [2.24, 2.45) is 0 Å². The van der Waals surface area contributed by atoms with E-state index in [0.29, 0.717) is 12.4 Å². The molecule has 5 nitrogen and oxygen atoms in total. The molecule has 0 spiro atoms. The Kier molecular flexibility index (Phi) is 3.83. The average molecular weight is 328 g/mol. The Balaban J connectivity index is 2.13. The van der Waals surface area contributed by atoms with Gasteiger partial charge < -0.3 is 16.2 Å². The summed E-state index contributed by atoms with van der Waals surface area (Å²) in [4.78, 5) is 16.1. The summed E-state index contributed by atoms with van der Waals surface area (Å²) in [6.45, 7) is 0.578. The van der Waals surface area contributed by atoms with Crippen LogP contribution >= 0.6 is 27.3 Å². The van der Waals surface area contributed by atoms with Gasteiger partial charge in [0, 0.05) is 9.35 Å². The van der Waals surface area contributed by atoms with E-state index < -0.39 is 5.97 Å². The quantitative estimate of drug-likeness (QED) is 0.803. The molecular formula is C11H10BrN3O2S. The second-order valence-corrected chi connectivity index (χ2v) is 5.36. The first-order valence-electron chi connectivity index (χ1n) is 5.02. The number of halogens is 1. The van der Waals surface area contributed by atoms with Crippen LogP contribution in [0.4, 0.5) is 11.5 Å². The lowest BCUT2D eigenvalue weighted by Gasteiger charge is -2.07. The highest BCUT2D eigenvalue weighted by atomic mass is 79.9. The van der Waals surface area contributed by atoms with Gasteiger partial charge in [0.15, 0.2) is 0 Å². The third-order valence-electron chi connectivity index (χ3n) is 2.29. The fourth-order valence-electron chi connectivity index (χ4n) is 1.37. The van der Waals surface area contributed by atoms with Crippen LogP contribution in [0.25, 0.3) is 0 Å². The van der Waals surface area contributed by atoms with Gasteiger partial charge in [-0.2, -0.15) is 0 Å². The SMILES string of the molecule is Nc1cnc(NCc2sccc2Br)cc1C(=O)O. The normalized spacial score (nSPS) is 10.3. The summed E-state index contributed by atoms with van der Waals surface area (Å²) in [5, 5.41) is 14.0. The second kappa shape index (κ2) is 5.36. The lowest BCUT2D eigenvalue weighted by molar-refractivity contribution is 0.0698. The molecule has 18 heavy (non-hydrogen) atoms. The summed E-state index contributed by atoms with van der Waals surface area (Å²) in [6, 6.07) is 3.39. The van der Waals surface area contributed by atoms with Gasteiger partial charge in [0.2, 0.25) is 0 Å². The predicted molar refractivity (Wildman–Crippen MR) is 75.0 cm³/mol. The number of pyridine rings is 1. The monoisotopic (exact) mass is 327 g/mol. The molecule has 0 aromatic carbocycles. The van der Waals surface area contributed by atoms with Crippen molar-refractivity contribution in [3.8, 4) is 0 Å². The fraction of sp³-hybridized carbons (Fsp3) is 0.0909. The number of nitrogens with one attached hydrogen (secondary N) is 1. The van der Waals surface area contributed by atoms with Crippen molar-refractivity contribution in [1.82, 2.24) is 4.98 Å². The lowest BCUT2D eigenvalue weighted by Crippen LogP contribution is -2.06. The number of rotatable bonds is 4. The van der Waals surface area contributed by atoms with E-state index in [1.54, 1.807) is 11.3 Å². The number of carbonyl (C=O) groups is 1. The van der Waals surface area contributed by atoms with Crippen molar-refractivity contribution < 1.29 is 9.90 Å². The summed E-state index contributed by atoms with van der Waals surface area (Å²) in [5.41, 5.74) is 5.74. The molecule has 2 aromatic rings. The van der Waals surface area contributed by atoms with Crippen LogP contribution in [0.2, 0.25) is 0 Å². The highest BCUT2D eigenvalue weighted by molar-refractivity contribution is 9.10. The molecule has 0 unspecified atom stereocenters. The minimum Gasteiger partial charge on any atom is -0.478 e. The van der Waals surface area contributed by atoms with Crippen LogP contribution in [0.3, 0.4) is 0 Å². The maximum atomic E-state index is 10.9. The molecule has 94 valence electrons. The van der Waals surface area contributed by atoms with Crippen LogP contribution in [0.5, 0.6) is 0 Å². The molecule has 7 heteroatoms. The Labute approximate surface area is 116 Å². The van der Waals surface area contributed by atoms with Gasteiger partial charge >= 0.3 is 5.97 Å². The average Bonchev–Trinajstić information content (AvgIpc) is 2.73. The molecule has 0 bridgehead atoms. The molecule has 0 radical (unpaired) electrons. The number of nitrogens with two attached hydrogens (primary N) is 1. The first kappa shape index (κ1) is 12.8. The zero-order valence-electron chi connectivity index (χ0n) is 9.18. The zero-order chi connectivity index (χ0) is 13.1. The standard InChI is InChI=1S/C11H10BrN3O2S/c12-7-1-2-18-9(7)5-15-10-3-6(11(16)17)8(13)4-14-10/h1-4H,5,13H2,(H,14,15)(H,16,17). The number of nitrogens with zero attached hydrogens (tertiary/aromatic N) is 1. The van der Waals surface area contributed by atoms with E-state index in [2.05, 4.69) is 26.2 Å². The molecule has 0 aliphatic heterocycles. The van der Waals surface area contributed by atoms with E-state index in [1.165, 1.54) is 12.3 Å². The van der Waals surface area contributed by atoms with E-state index in [1.807, 2.05) is 11.4 Å². The van der Waals surface area contributed by atoms with E-state index in [-0.39, 0.29) is 11.3 Å². The molecule has 0 aliphatic rings. The Morgan fingerprint density at radius 3 is 3.00 bits per heavy atom. The minimum atomic E-state index is -1.06. The first-order valence-corrected chi connectivity index (χ1v) is 6.69. The van der Waals surface area contributed by atoms with Crippen molar-refractivity contribution in [1.29, 1.82) is 0 Å². The third-order valence-corrected chi connectivity index (χ3v) is 4.21. The number of carboxylic acids is 1. The van der Waals surface area contributed by atoms with Crippen molar-refractivity contribution in [3.63, 3.8) is 0 Å². The highest BCUT2D eigenvalue weighted by Gasteiger charge is 2.10. The number of nitrogen functional groups attached to an aromatic ring is 1. The second-order valence-electron chi connectivity index (χ2n) is 3.51. The van der Waals surface area contributed by atoms with Crippen LogP contribution in [-0.4, -0.2) is 16.1 Å². The molecule has 0 amide bonds. The molecular weight excluding hydrogens is 318 g/mol. The maximum Gasteiger partial charge on any atom is 0.337 e. The van der Waals surface area contributed by atoms with Crippen molar-refractivity contribution in [2.45, 2.75) is 6.54 Å². The smallest absolute Gasteiger partial charge is 0.337 e. The first-order chi connectivity index (χ1) is 8.58. The van der Waals surface area contributed by atoms with E-state index in [4.69, 9.17) is 10.8 Å². The minimum absolute atomic E-state index is 0.0535.